The maximum Gasteiger partial charge on any atom is 0.330 e. The van der Waals surface area contributed by atoms with Crippen LogP contribution in [0.15, 0.2) is 70.4 Å². The first-order valence-electron chi connectivity index (χ1n) is 16.8. The number of aliphatic hydroxyl groups is 2. The molecule has 14 heteroatoms. The number of unbranched alkanes of at least 4 members (excludes halogenated alkanes) is 1. The minimum atomic E-state index is -1.93. The third-order valence-corrected chi connectivity index (χ3v) is 10.4. The number of hydrogen-bond donors (Lipinski definition) is 4. The second kappa shape index (κ2) is 21.3. The fourth-order valence-corrected chi connectivity index (χ4v) is 7.21. The van der Waals surface area contributed by atoms with Gasteiger partial charge in [0.25, 0.3) is 5.56 Å². The Morgan fingerprint density at radius 2 is 1.60 bits per heavy atom. The molecule has 0 bridgehead atoms. The van der Waals surface area contributed by atoms with Gasteiger partial charge in [0.2, 0.25) is 0 Å². The van der Waals surface area contributed by atoms with Crippen LogP contribution >= 0.6 is 23.5 Å². The molecule has 50 heavy (non-hydrogen) atoms. The molecule has 0 amide bonds. The zero-order chi connectivity index (χ0) is 35.7. The number of nitrogens with zero attached hydrogens (tertiary/aromatic N) is 2. The average Bonchev–Trinajstić information content (AvgIpc) is 3.42. The van der Waals surface area contributed by atoms with Gasteiger partial charge in [-0.2, -0.15) is 23.5 Å². The van der Waals surface area contributed by atoms with Gasteiger partial charge in [-0.3, -0.25) is 14.3 Å². The van der Waals surface area contributed by atoms with Crippen molar-refractivity contribution >= 4 is 29.6 Å². The Balaban J connectivity index is 1.24. The number of aromatic amines is 1. The summed E-state index contributed by atoms with van der Waals surface area (Å²) < 4.78 is 31.4. The van der Waals surface area contributed by atoms with Crippen LogP contribution in [0.5, 0.6) is 11.5 Å². The summed E-state index contributed by atoms with van der Waals surface area (Å²) in [7, 11) is 3.34. The van der Waals surface area contributed by atoms with Gasteiger partial charge in [-0.25, -0.2) is 9.18 Å². The van der Waals surface area contributed by atoms with Gasteiger partial charge in [0.15, 0.2) is 12.4 Å². The molecule has 3 aromatic rings. The Bertz CT molecular complexity index is 1570. The van der Waals surface area contributed by atoms with Crippen molar-refractivity contribution in [2.24, 2.45) is 0 Å². The molecule has 0 spiro atoms. The molecular weight excluding hydrogens is 684 g/mol. The molecule has 1 fully saturated rings. The number of allylic oxidation sites excluding steroid dienone is 1. The van der Waals surface area contributed by atoms with E-state index in [1.165, 1.54) is 17.3 Å². The van der Waals surface area contributed by atoms with Crippen LogP contribution in [0.3, 0.4) is 0 Å². The summed E-state index contributed by atoms with van der Waals surface area (Å²) in [4.78, 5) is 29.5. The quantitative estimate of drug-likeness (QED) is 0.113. The molecule has 2 aromatic carbocycles. The Morgan fingerprint density at radius 3 is 2.20 bits per heavy atom. The van der Waals surface area contributed by atoms with Crippen molar-refractivity contribution in [3.05, 3.63) is 98.3 Å². The first-order valence-corrected chi connectivity index (χ1v) is 19.1. The average molecular weight is 733 g/mol. The number of methoxy groups -OCH3 is 2. The molecule has 1 aromatic heterocycles. The number of ether oxygens (including phenoxy) is 3. The number of rotatable bonds is 22. The highest BCUT2D eigenvalue weighted by molar-refractivity contribution is 7.98. The summed E-state index contributed by atoms with van der Waals surface area (Å²) in [6.45, 7) is 3.93. The molecule has 11 nitrogen and oxygen atoms in total. The molecule has 2 heterocycles. The number of thioether (sulfide) groups is 2. The van der Waals surface area contributed by atoms with E-state index in [2.05, 4.69) is 39.5 Å². The largest absolute Gasteiger partial charge is 0.497 e. The fraction of sp³-hybridized carbons (Fsp3) is 0.500. The molecule has 0 aliphatic carbocycles. The third kappa shape index (κ3) is 12.3. The van der Waals surface area contributed by atoms with Gasteiger partial charge in [-0.1, -0.05) is 36.4 Å². The van der Waals surface area contributed by atoms with Gasteiger partial charge in [-0.15, -0.1) is 0 Å². The third-order valence-electron chi connectivity index (χ3n) is 8.32. The number of nitrogens with one attached hydrogen (secondary N) is 2. The lowest BCUT2D eigenvalue weighted by Gasteiger charge is -2.22. The molecule has 1 aliphatic heterocycles. The highest BCUT2D eigenvalue weighted by Gasteiger charge is 2.45. The summed E-state index contributed by atoms with van der Waals surface area (Å²) in [5.41, 5.74) is 1.26. The van der Waals surface area contributed by atoms with E-state index in [9.17, 15) is 24.2 Å². The van der Waals surface area contributed by atoms with Crippen LogP contribution in [0.1, 0.15) is 35.8 Å². The first kappa shape index (κ1) is 39.7. The summed E-state index contributed by atoms with van der Waals surface area (Å²) in [5, 5.41) is 22.9. The van der Waals surface area contributed by atoms with Crippen LogP contribution in [0, 0.1) is 0 Å². The fourth-order valence-electron chi connectivity index (χ4n) is 5.39. The summed E-state index contributed by atoms with van der Waals surface area (Å²) in [5.74, 6) is 5.61. The lowest BCUT2D eigenvalue weighted by molar-refractivity contribution is -0.0491. The van der Waals surface area contributed by atoms with E-state index < -0.39 is 42.5 Å². The van der Waals surface area contributed by atoms with Crippen LogP contribution in [0.2, 0.25) is 0 Å². The van der Waals surface area contributed by atoms with Gasteiger partial charge in [0.1, 0.15) is 23.7 Å². The van der Waals surface area contributed by atoms with E-state index in [0.717, 1.165) is 78.2 Å². The summed E-state index contributed by atoms with van der Waals surface area (Å²) >= 11 is 3.79. The van der Waals surface area contributed by atoms with Gasteiger partial charge in [0, 0.05) is 55.4 Å². The van der Waals surface area contributed by atoms with E-state index in [0.29, 0.717) is 6.42 Å². The van der Waals surface area contributed by atoms with Crippen molar-refractivity contribution in [2.45, 2.75) is 49.0 Å². The maximum absolute atomic E-state index is 14.6. The van der Waals surface area contributed by atoms with E-state index in [4.69, 9.17) is 14.2 Å². The molecule has 4 atom stereocenters. The minimum absolute atomic E-state index is 0.170. The van der Waals surface area contributed by atoms with E-state index >= 15 is 0 Å². The lowest BCUT2D eigenvalue weighted by atomic mass is 10.1. The highest BCUT2D eigenvalue weighted by atomic mass is 32.2. The van der Waals surface area contributed by atoms with Crippen LogP contribution in [0.4, 0.5) is 4.39 Å². The predicted molar refractivity (Wildman–Crippen MR) is 199 cm³/mol. The van der Waals surface area contributed by atoms with Crippen LogP contribution < -0.4 is 26.0 Å². The number of aliphatic hydroxyl groups excluding tert-OH is 2. The van der Waals surface area contributed by atoms with Crippen LogP contribution in [0.25, 0.3) is 6.08 Å². The van der Waals surface area contributed by atoms with Crippen molar-refractivity contribution in [1.29, 1.82) is 0 Å². The summed E-state index contributed by atoms with van der Waals surface area (Å²) in [6.07, 6.45) is 0.143. The SMILES string of the molecule is COc1ccc(CSCCNCCN(CCC/C=C/c2cn([C@@H]3O[C@H](CO)[C@@H](O)[C@H]3F)c(=O)[nH]c2=O)CCSCc2ccc(OC)cc2)cc1. The number of halogens is 1. The Morgan fingerprint density at radius 1 is 0.960 bits per heavy atom. The van der Waals surface area contributed by atoms with Crippen molar-refractivity contribution < 1.29 is 28.8 Å². The van der Waals surface area contributed by atoms with Gasteiger partial charge < -0.3 is 34.6 Å². The van der Waals surface area contributed by atoms with E-state index in [1.54, 1.807) is 20.3 Å². The first-order chi connectivity index (χ1) is 24.3. The monoisotopic (exact) mass is 732 g/mol. The van der Waals surface area contributed by atoms with Crippen molar-refractivity contribution in [3.8, 4) is 11.5 Å². The predicted octanol–water partition coefficient (Wildman–Crippen LogP) is 3.69. The zero-order valence-electron chi connectivity index (χ0n) is 28.7. The van der Waals surface area contributed by atoms with E-state index in [1.807, 2.05) is 53.9 Å². The lowest BCUT2D eigenvalue weighted by Crippen LogP contribution is -2.36. The molecule has 4 N–H and O–H groups in total. The topological polar surface area (TPSA) is 138 Å². The Kier molecular flexibility index (Phi) is 16.9. The molecule has 274 valence electrons. The molecule has 0 radical (unpaired) electrons. The second-order valence-corrected chi connectivity index (χ2v) is 14.1. The van der Waals surface area contributed by atoms with Gasteiger partial charge in [-0.05, 0) is 54.8 Å². The second-order valence-electron chi connectivity index (χ2n) is 11.9. The molecule has 0 saturated carbocycles. The minimum Gasteiger partial charge on any atom is -0.497 e. The number of hydrogen-bond acceptors (Lipinski definition) is 11. The van der Waals surface area contributed by atoms with Gasteiger partial charge in [0.05, 0.1) is 26.4 Å². The smallest absolute Gasteiger partial charge is 0.330 e. The normalized spacial score (nSPS) is 19.1. The molecule has 1 saturated heterocycles. The molecule has 0 unspecified atom stereocenters. The number of aromatic nitrogens is 2. The van der Waals surface area contributed by atoms with Crippen LogP contribution in [-0.2, 0) is 16.2 Å². The highest BCUT2D eigenvalue weighted by Crippen LogP contribution is 2.30. The number of benzene rings is 2. The Hall–Kier alpha value is -3.11. The summed E-state index contributed by atoms with van der Waals surface area (Å²) in [6, 6.07) is 16.3. The standard InChI is InChI=1S/C36H49FN4O7S2/c1-46-29-11-7-26(8-12-29)24-49-20-16-38-15-18-40(19-21-50-25-27-9-13-30(47-2)14-10-27)17-5-3-4-6-28-22-41(36(45)39-34(28)44)35-32(37)33(43)31(23-42)48-35/h4,6-14,22,31-33,35,38,42-43H,3,5,15-21,23-25H2,1-2H3,(H,39,44,45)/b6-4+/t31-,32-,33-,35-/m1/s1. The Labute approximate surface area is 301 Å². The van der Waals surface area contributed by atoms with Gasteiger partial charge >= 0.3 is 5.69 Å². The number of H-pyrrole nitrogens is 1. The van der Waals surface area contributed by atoms with E-state index in [-0.39, 0.29) is 5.56 Å². The van der Waals surface area contributed by atoms with Crippen molar-refractivity contribution in [2.75, 3.05) is 65.1 Å². The maximum atomic E-state index is 14.6. The molecular formula is C36H49FN4O7S2. The van der Waals surface area contributed by atoms with Crippen molar-refractivity contribution in [3.63, 3.8) is 0 Å². The number of alkyl halides is 1. The van der Waals surface area contributed by atoms with Crippen molar-refractivity contribution in [1.82, 2.24) is 19.8 Å². The molecule has 4 rings (SSSR count). The van der Waals surface area contributed by atoms with Crippen LogP contribution in [-0.4, -0.2) is 108 Å². The zero-order valence-corrected chi connectivity index (χ0v) is 30.3. The molecule has 1 aliphatic rings.